The topological polar surface area (TPSA) is 42.4 Å². The molecule has 0 unspecified atom stereocenters. The van der Waals surface area contributed by atoms with Crippen molar-refractivity contribution in [1.82, 2.24) is 4.98 Å². The van der Waals surface area contributed by atoms with Gasteiger partial charge in [0.2, 0.25) is 0 Å². The first kappa shape index (κ1) is 17.2. The molecule has 1 heterocycles. The molecule has 2 aromatic carbocycles. The largest absolute Gasteiger partial charge is 0.497 e. The van der Waals surface area contributed by atoms with Crippen LogP contribution < -0.4 is 9.64 Å². The summed E-state index contributed by atoms with van der Waals surface area (Å²) < 4.78 is 5.13. The molecule has 0 fully saturated rings. The molecule has 25 heavy (non-hydrogen) atoms. The molecule has 0 spiro atoms. The summed E-state index contributed by atoms with van der Waals surface area (Å²) in [6, 6.07) is 13.4. The van der Waals surface area contributed by atoms with Gasteiger partial charge in [-0.05, 0) is 43.7 Å². The molecule has 5 heteroatoms. The zero-order valence-electron chi connectivity index (χ0n) is 14.7. The number of nitrogens with zero attached hydrogens (tertiary/aromatic N) is 2. The molecule has 0 radical (unpaired) electrons. The van der Waals surface area contributed by atoms with E-state index in [4.69, 9.17) is 4.74 Å². The van der Waals surface area contributed by atoms with Crippen molar-refractivity contribution in [1.29, 1.82) is 0 Å². The van der Waals surface area contributed by atoms with E-state index in [0.29, 0.717) is 10.7 Å². The van der Waals surface area contributed by atoms with Crippen molar-refractivity contribution in [2.75, 3.05) is 19.1 Å². The van der Waals surface area contributed by atoms with Crippen molar-refractivity contribution in [3.63, 3.8) is 0 Å². The average molecular weight is 352 g/mol. The van der Waals surface area contributed by atoms with Gasteiger partial charge in [-0.3, -0.25) is 9.69 Å². The molecular formula is C20H20N2O2S. The SMILES string of the molecule is COc1ccc(C(=O)N(C)c2nc(-c3ccc(C)cc3C)cs2)cc1. The molecule has 0 aliphatic rings. The highest BCUT2D eigenvalue weighted by molar-refractivity contribution is 7.14. The predicted octanol–water partition coefficient (Wildman–Crippen LogP) is 4.71. The molecular weight excluding hydrogens is 332 g/mol. The first-order valence-electron chi connectivity index (χ1n) is 7.95. The second-order valence-corrected chi connectivity index (χ2v) is 6.76. The number of hydrogen-bond donors (Lipinski definition) is 0. The number of carbonyl (C=O) groups excluding carboxylic acids is 1. The fraction of sp³-hybridized carbons (Fsp3) is 0.200. The molecule has 0 saturated heterocycles. The molecule has 0 aliphatic carbocycles. The molecule has 0 saturated carbocycles. The van der Waals surface area contributed by atoms with Crippen LogP contribution in [0.5, 0.6) is 5.75 Å². The number of anilines is 1. The molecule has 0 N–H and O–H groups in total. The number of methoxy groups -OCH3 is 1. The van der Waals surface area contributed by atoms with Gasteiger partial charge in [0.05, 0.1) is 12.8 Å². The van der Waals surface area contributed by atoms with Gasteiger partial charge in [0.15, 0.2) is 5.13 Å². The number of aryl methyl sites for hydroxylation is 2. The highest BCUT2D eigenvalue weighted by Gasteiger charge is 2.17. The summed E-state index contributed by atoms with van der Waals surface area (Å²) in [4.78, 5) is 18.9. The second-order valence-electron chi connectivity index (χ2n) is 5.93. The lowest BCUT2D eigenvalue weighted by Crippen LogP contribution is -2.26. The number of hydrogen-bond acceptors (Lipinski definition) is 4. The van der Waals surface area contributed by atoms with Gasteiger partial charge >= 0.3 is 0 Å². The van der Waals surface area contributed by atoms with Crippen LogP contribution >= 0.6 is 11.3 Å². The lowest BCUT2D eigenvalue weighted by molar-refractivity contribution is 0.0993. The number of amides is 1. The van der Waals surface area contributed by atoms with Crippen LogP contribution in [0.4, 0.5) is 5.13 Å². The van der Waals surface area contributed by atoms with Crippen LogP contribution in [0.1, 0.15) is 21.5 Å². The fourth-order valence-electron chi connectivity index (χ4n) is 2.66. The van der Waals surface area contributed by atoms with E-state index in [-0.39, 0.29) is 5.91 Å². The standard InChI is InChI=1S/C20H20N2O2S/c1-13-5-10-17(14(2)11-13)18-12-25-20(21-18)22(3)19(23)15-6-8-16(24-4)9-7-15/h5-12H,1-4H3. The molecule has 0 atom stereocenters. The van der Waals surface area contributed by atoms with E-state index in [1.165, 1.54) is 22.5 Å². The van der Waals surface area contributed by atoms with Gasteiger partial charge in [-0.2, -0.15) is 0 Å². The lowest BCUT2D eigenvalue weighted by atomic mass is 10.0. The van der Waals surface area contributed by atoms with Crippen LogP contribution in [0.2, 0.25) is 0 Å². The van der Waals surface area contributed by atoms with E-state index in [9.17, 15) is 4.79 Å². The quantitative estimate of drug-likeness (QED) is 0.683. The average Bonchev–Trinajstić information content (AvgIpc) is 3.10. The van der Waals surface area contributed by atoms with Crippen LogP contribution in [-0.2, 0) is 0 Å². The molecule has 1 aromatic heterocycles. The maximum absolute atomic E-state index is 12.7. The lowest BCUT2D eigenvalue weighted by Gasteiger charge is -2.14. The molecule has 0 aliphatic heterocycles. The van der Waals surface area contributed by atoms with Crippen molar-refractivity contribution >= 4 is 22.4 Å². The van der Waals surface area contributed by atoms with Crippen molar-refractivity contribution in [2.45, 2.75) is 13.8 Å². The molecule has 3 aromatic rings. The van der Waals surface area contributed by atoms with Crippen LogP contribution in [-0.4, -0.2) is 25.0 Å². The van der Waals surface area contributed by atoms with Gasteiger partial charge in [0.25, 0.3) is 5.91 Å². The zero-order valence-corrected chi connectivity index (χ0v) is 15.6. The maximum atomic E-state index is 12.7. The van der Waals surface area contributed by atoms with Crippen molar-refractivity contribution in [3.05, 3.63) is 64.5 Å². The Morgan fingerprint density at radius 1 is 1.12 bits per heavy atom. The number of carbonyl (C=O) groups is 1. The minimum Gasteiger partial charge on any atom is -0.497 e. The van der Waals surface area contributed by atoms with Crippen LogP contribution in [0.15, 0.2) is 47.8 Å². The highest BCUT2D eigenvalue weighted by Crippen LogP contribution is 2.30. The Hall–Kier alpha value is -2.66. The molecule has 1 amide bonds. The van der Waals surface area contributed by atoms with Crippen LogP contribution in [0, 0.1) is 13.8 Å². The van der Waals surface area contributed by atoms with E-state index >= 15 is 0 Å². The molecule has 0 bridgehead atoms. The third-order valence-corrected chi connectivity index (χ3v) is 5.00. The van der Waals surface area contributed by atoms with Gasteiger partial charge in [-0.25, -0.2) is 4.98 Å². The Balaban J connectivity index is 1.84. The van der Waals surface area contributed by atoms with E-state index in [0.717, 1.165) is 17.0 Å². The van der Waals surface area contributed by atoms with Gasteiger partial charge in [-0.1, -0.05) is 23.8 Å². The van der Waals surface area contributed by atoms with Gasteiger partial charge in [0.1, 0.15) is 5.75 Å². The number of thiazole rings is 1. The first-order valence-corrected chi connectivity index (χ1v) is 8.83. The van der Waals surface area contributed by atoms with E-state index < -0.39 is 0 Å². The summed E-state index contributed by atoms with van der Waals surface area (Å²) >= 11 is 1.47. The monoisotopic (exact) mass is 352 g/mol. The van der Waals surface area contributed by atoms with Gasteiger partial charge in [-0.15, -0.1) is 11.3 Å². The van der Waals surface area contributed by atoms with E-state index in [2.05, 4.69) is 37.0 Å². The Morgan fingerprint density at radius 2 is 1.84 bits per heavy atom. The third kappa shape index (κ3) is 3.56. The number of rotatable bonds is 4. The molecule has 3 rings (SSSR count). The number of aromatic nitrogens is 1. The Kier molecular flexibility index (Phi) is 4.86. The van der Waals surface area contributed by atoms with E-state index in [1.807, 2.05) is 5.38 Å². The predicted molar refractivity (Wildman–Crippen MR) is 103 cm³/mol. The summed E-state index contributed by atoms with van der Waals surface area (Å²) in [7, 11) is 3.35. The van der Waals surface area contributed by atoms with Crippen LogP contribution in [0.25, 0.3) is 11.3 Å². The normalized spacial score (nSPS) is 10.6. The highest BCUT2D eigenvalue weighted by atomic mass is 32.1. The number of benzene rings is 2. The fourth-order valence-corrected chi connectivity index (χ4v) is 3.45. The summed E-state index contributed by atoms with van der Waals surface area (Å²) in [5.74, 6) is 0.634. The van der Waals surface area contributed by atoms with Crippen molar-refractivity contribution < 1.29 is 9.53 Å². The Labute approximate surface area is 151 Å². The minimum absolute atomic E-state index is 0.0934. The summed E-state index contributed by atoms with van der Waals surface area (Å²) in [5.41, 5.74) is 5.00. The summed E-state index contributed by atoms with van der Waals surface area (Å²) in [6.07, 6.45) is 0. The minimum atomic E-state index is -0.0934. The van der Waals surface area contributed by atoms with Crippen molar-refractivity contribution in [3.8, 4) is 17.0 Å². The van der Waals surface area contributed by atoms with Crippen molar-refractivity contribution in [2.24, 2.45) is 0 Å². The third-order valence-electron chi connectivity index (χ3n) is 4.08. The zero-order chi connectivity index (χ0) is 18.0. The van der Waals surface area contributed by atoms with Gasteiger partial charge in [0, 0.05) is 23.6 Å². The Bertz CT molecular complexity index is 900. The summed E-state index contributed by atoms with van der Waals surface area (Å²) in [5, 5.41) is 2.67. The van der Waals surface area contributed by atoms with Crippen LogP contribution in [0.3, 0.4) is 0 Å². The van der Waals surface area contributed by atoms with Gasteiger partial charge < -0.3 is 4.74 Å². The first-order chi connectivity index (χ1) is 12.0. The molecule has 128 valence electrons. The molecule has 4 nitrogen and oxygen atoms in total. The smallest absolute Gasteiger partial charge is 0.259 e. The Morgan fingerprint density at radius 3 is 2.48 bits per heavy atom. The maximum Gasteiger partial charge on any atom is 0.259 e. The van der Waals surface area contributed by atoms with E-state index in [1.54, 1.807) is 43.3 Å². The second kappa shape index (κ2) is 7.07. The number of ether oxygens (including phenoxy) is 1. The summed E-state index contributed by atoms with van der Waals surface area (Å²) in [6.45, 7) is 4.15.